The molecule has 0 aromatic heterocycles. The Labute approximate surface area is 97.6 Å². The van der Waals surface area contributed by atoms with Crippen molar-refractivity contribution in [2.45, 2.75) is 26.2 Å². The van der Waals surface area contributed by atoms with Gasteiger partial charge in [-0.15, -0.1) is 0 Å². The van der Waals surface area contributed by atoms with E-state index in [1.807, 2.05) is 0 Å². The second-order valence-corrected chi connectivity index (χ2v) is 4.64. The van der Waals surface area contributed by atoms with Gasteiger partial charge in [0, 0.05) is 19.7 Å². The molecule has 1 N–H and O–H groups in total. The summed E-state index contributed by atoms with van der Waals surface area (Å²) in [5, 5.41) is 8.99. The molecule has 0 aromatic carbocycles. The van der Waals surface area contributed by atoms with Crippen LogP contribution in [0, 0.1) is 5.41 Å². The summed E-state index contributed by atoms with van der Waals surface area (Å²) in [6.07, 6.45) is 3.95. The quantitative estimate of drug-likeness (QED) is 0.652. The van der Waals surface area contributed by atoms with Crippen molar-refractivity contribution in [1.29, 1.82) is 0 Å². The molecule has 1 atom stereocenters. The van der Waals surface area contributed by atoms with E-state index >= 15 is 0 Å². The van der Waals surface area contributed by atoms with Gasteiger partial charge in [-0.2, -0.15) is 0 Å². The van der Waals surface area contributed by atoms with E-state index in [4.69, 9.17) is 9.84 Å². The fraction of sp³-hybridized carbons (Fsp3) is 0.917. The highest BCUT2D eigenvalue weighted by Gasteiger charge is 2.34. The zero-order valence-corrected chi connectivity index (χ0v) is 10.2. The smallest absolute Gasteiger partial charge is 0.129 e. The summed E-state index contributed by atoms with van der Waals surface area (Å²) in [7, 11) is 0. The number of rotatable bonds is 7. The molecule has 1 fully saturated rings. The van der Waals surface area contributed by atoms with Crippen molar-refractivity contribution in [2.75, 3.05) is 39.5 Å². The predicted octanol–water partition coefficient (Wildman–Crippen LogP) is 0.686. The van der Waals surface area contributed by atoms with Crippen LogP contribution >= 0.6 is 0 Å². The molecule has 16 heavy (non-hydrogen) atoms. The van der Waals surface area contributed by atoms with Gasteiger partial charge in [0.05, 0.1) is 18.6 Å². The minimum Gasteiger partial charge on any atom is -0.395 e. The Bertz CT molecular complexity index is 196. The highest BCUT2D eigenvalue weighted by Crippen LogP contribution is 2.27. The summed E-state index contributed by atoms with van der Waals surface area (Å²) in [5.74, 6) is 0. The average molecular weight is 229 g/mol. The van der Waals surface area contributed by atoms with Crippen molar-refractivity contribution in [3.63, 3.8) is 0 Å². The normalized spacial score (nSPS) is 25.9. The average Bonchev–Trinajstić information content (AvgIpc) is 2.31. The van der Waals surface area contributed by atoms with Crippen LogP contribution in [0.4, 0.5) is 0 Å². The van der Waals surface area contributed by atoms with Crippen molar-refractivity contribution in [3.05, 3.63) is 0 Å². The van der Waals surface area contributed by atoms with Gasteiger partial charge in [-0.25, -0.2) is 0 Å². The molecule has 1 saturated heterocycles. The Morgan fingerprint density at radius 1 is 1.50 bits per heavy atom. The molecule has 0 amide bonds. The second-order valence-electron chi connectivity index (χ2n) is 4.64. The molecule has 1 aliphatic heterocycles. The Balaban J connectivity index is 2.53. The minimum atomic E-state index is -0.345. The lowest BCUT2D eigenvalue weighted by atomic mass is 9.83. The third-order valence-corrected chi connectivity index (χ3v) is 3.10. The van der Waals surface area contributed by atoms with Gasteiger partial charge in [-0.05, 0) is 25.8 Å². The van der Waals surface area contributed by atoms with E-state index in [0.717, 1.165) is 38.7 Å². The van der Waals surface area contributed by atoms with Crippen molar-refractivity contribution < 1.29 is 14.6 Å². The minimum absolute atomic E-state index is 0.149. The molecule has 0 aliphatic carbocycles. The first kappa shape index (κ1) is 13.6. The number of aliphatic hydroxyl groups excluding tert-OH is 1. The van der Waals surface area contributed by atoms with Crippen molar-refractivity contribution in [2.24, 2.45) is 5.41 Å². The highest BCUT2D eigenvalue weighted by atomic mass is 16.5. The molecule has 1 unspecified atom stereocenters. The molecular formula is C12H23NO3. The van der Waals surface area contributed by atoms with E-state index in [0.29, 0.717) is 19.7 Å². The van der Waals surface area contributed by atoms with E-state index in [9.17, 15) is 4.79 Å². The molecule has 4 nitrogen and oxygen atoms in total. The highest BCUT2D eigenvalue weighted by molar-refractivity contribution is 5.60. The number of carbonyl (C=O) groups excluding carboxylic acids is 1. The molecule has 0 spiro atoms. The van der Waals surface area contributed by atoms with Gasteiger partial charge in [0.25, 0.3) is 0 Å². The van der Waals surface area contributed by atoms with Crippen LogP contribution in [0.5, 0.6) is 0 Å². The molecule has 4 heteroatoms. The van der Waals surface area contributed by atoms with Crippen LogP contribution in [0.3, 0.4) is 0 Å². The van der Waals surface area contributed by atoms with E-state index in [-0.39, 0.29) is 12.0 Å². The molecule has 94 valence electrons. The molecule has 0 aromatic rings. The molecule has 1 aliphatic rings. The van der Waals surface area contributed by atoms with E-state index < -0.39 is 0 Å². The number of hydrogen-bond donors (Lipinski definition) is 1. The van der Waals surface area contributed by atoms with Crippen LogP contribution in [0.15, 0.2) is 0 Å². The van der Waals surface area contributed by atoms with Crippen LogP contribution < -0.4 is 0 Å². The molecule has 0 saturated carbocycles. The molecule has 1 rings (SSSR count). The van der Waals surface area contributed by atoms with Gasteiger partial charge >= 0.3 is 0 Å². The first-order chi connectivity index (χ1) is 7.76. The van der Waals surface area contributed by atoms with Gasteiger partial charge in [0.15, 0.2) is 0 Å². The fourth-order valence-electron chi connectivity index (χ4n) is 2.30. The number of aliphatic hydroxyl groups is 1. The van der Waals surface area contributed by atoms with Crippen LogP contribution in [-0.4, -0.2) is 55.7 Å². The maximum Gasteiger partial charge on any atom is 0.129 e. The Morgan fingerprint density at radius 3 is 2.81 bits per heavy atom. The summed E-state index contributed by atoms with van der Waals surface area (Å²) < 4.78 is 5.41. The summed E-state index contributed by atoms with van der Waals surface area (Å²) in [4.78, 5) is 13.4. The molecule has 0 radical (unpaired) electrons. The lowest BCUT2D eigenvalue weighted by Gasteiger charge is -2.36. The van der Waals surface area contributed by atoms with Gasteiger partial charge < -0.3 is 14.6 Å². The van der Waals surface area contributed by atoms with Crippen molar-refractivity contribution in [1.82, 2.24) is 4.90 Å². The number of carbonyl (C=O) groups is 1. The van der Waals surface area contributed by atoms with Crippen molar-refractivity contribution in [3.8, 4) is 0 Å². The van der Waals surface area contributed by atoms with Gasteiger partial charge in [0.1, 0.15) is 6.29 Å². The largest absolute Gasteiger partial charge is 0.395 e. The Hall–Kier alpha value is -0.450. The first-order valence-corrected chi connectivity index (χ1v) is 6.13. The van der Waals surface area contributed by atoms with Gasteiger partial charge in [-0.3, -0.25) is 4.90 Å². The summed E-state index contributed by atoms with van der Waals surface area (Å²) in [6, 6.07) is 0. The summed E-state index contributed by atoms with van der Waals surface area (Å²) in [5.41, 5.74) is -0.345. The van der Waals surface area contributed by atoms with Crippen molar-refractivity contribution >= 4 is 6.29 Å². The predicted molar refractivity (Wildman–Crippen MR) is 62.4 cm³/mol. The van der Waals surface area contributed by atoms with Crippen LogP contribution in [-0.2, 0) is 9.53 Å². The van der Waals surface area contributed by atoms with Crippen LogP contribution in [0.2, 0.25) is 0 Å². The molecular weight excluding hydrogens is 206 g/mol. The Morgan fingerprint density at radius 2 is 2.31 bits per heavy atom. The Kier molecular flexibility index (Phi) is 5.95. The van der Waals surface area contributed by atoms with Gasteiger partial charge in [0.2, 0.25) is 0 Å². The van der Waals surface area contributed by atoms with Crippen LogP contribution in [0.25, 0.3) is 0 Å². The van der Waals surface area contributed by atoms with E-state index in [1.54, 1.807) is 0 Å². The topological polar surface area (TPSA) is 49.8 Å². The molecule has 0 bridgehead atoms. The zero-order valence-electron chi connectivity index (χ0n) is 10.2. The summed E-state index contributed by atoms with van der Waals surface area (Å²) >= 11 is 0. The summed E-state index contributed by atoms with van der Waals surface area (Å²) in [6.45, 7) is 5.83. The van der Waals surface area contributed by atoms with Gasteiger partial charge in [-0.1, -0.05) is 6.92 Å². The zero-order chi connectivity index (χ0) is 11.9. The SMILES string of the molecule is CCCN(CCO)CC1(C=O)CCCOC1. The van der Waals surface area contributed by atoms with E-state index in [1.165, 1.54) is 0 Å². The maximum atomic E-state index is 11.3. The van der Waals surface area contributed by atoms with Crippen LogP contribution in [0.1, 0.15) is 26.2 Å². The van der Waals surface area contributed by atoms with E-state index in [2.05, 4.69) is 11.8 Å². The third kappa shape index (κ3) is 3.85. The number of aldehydes is 1. The monoisotopic (exact) mass is 229 g/mol. The maximum absolute atomic E-state index is 11.3. The molecule has 1 heterocycles. The first-order valence-electron chi connectivity index (χ1n) is 6.13. The lowest BCUT2D eigenvalue weighted by molar-refractivity contribution is -0.125. The number of ether oxygens (including phenoxy) is 1. The number of nitrogens with zero attached hydrogens (tertiary/aromatic N) is 1. The number of hydrogen-bond acceptors (Lipinski definition) is 4. The third-order valence-electron chi connectivity index (χ3n) is 3.10. The lowest BCUT2D eigenvalue weighted by Crippen LogP contribution is -2.45. The fourth-order valence-corrected chi connectivity index (χ4v) is 2.30. The second kappa shape index (κ2) is 6.99. The standard InChI is InChI=1S/C12H23NO3/c1-2-5-13(6-7-14)9-12(10-15)4-3-8-16-11-12/h10,14H,2-9,11H2,1H3.